The molecule has 1 aromatic rings. The highest BCUT2D eigenvalue weighted by Gasteiger charge is 2.12. The molecule has 1 aromatic carbocycles. The van der Waals surface area contributed by atoms with Gasteiger partial charge in [0, 0.05) is 13.2 Å². The van der Waals surface area contributed by atoms with E-state index in [0.717, 1.165) is 12.0 Å². The molecular weight excluding hydrogens is 221 g/mol. The van der Waals surface area contributed by atoms with Crippen LogP contribution in [0.3, 0.4) is 0 Å². The summed E-state index contributed by atoms with van der Waals surface area (Å²) in [6.07, 6.45) is 1.48. The molecule has 1 unspecified atom stereocenters. The molecule has 0 aliphatic rings. The van der Waals surface area contributed by atoms with Gasteiger partial charge in [-0.1, -0.05) is 19.1 Å². The van der Waals surface area contributed by atoms with E-state index in [9.17, 15) is 4.39 Å². The van der Waals surface area contributed by atoms with Crippen molar-refractivity contribution in [1.29, 1.82) is 0 Å². The molecule has 1 rings (SSSR count). The van der Waals surface area contributed by atoms with Crippen molar-refractivity contribution in [2.45, 2.75) is 25.8 Å². The number of ether oxygens (including phenoxy) is 2. The number of rotatable bonds is 7. The Hall–Kier alpha value is -1.13. The average Bonchev–Trinajstić information content (AvgIpc) is 2.32. The minimum Gasteiger partial charge on any atom is -0.488 e. The molecule has 0 aliphatic carbocycles. The van der Waals surface area contributed by atoms with Gasteiger partial charge in [0.1, 0.15) is 6.61 Å². The van der Waals surface area contributed by atoms with Crippen LogP contribution >= 0.6 is 0 Å². The summed E-state index contributed by atoms with van der Waals surface area (Å²) in [5.74, 6) is -0.0460. The van der Waals surface area contributed by atoms with E-state index in [4.69, 9.17) is 15.2 Å². The maximum Gasteiger partial charge on any atom is 0.165 e. The Morgan fingerprint density at radius 3 is 2.76 bits per heavy atom. The summed E-state index contributed by atoms with van der Waals surface area (Å²) in [4.78, 5) is 0. The zero-order valence-electron chi connectivity index (χ0n) is 10.4. The fraction of sp³-hybridized carbons (Fsp3) is 0.538. The number of hydrogen-bond acceptors (Lipinski definition) is 3. The summed E-state index contributed by atoms with van der Waals surface area (Å²) in [6, 6.07) is 4.95. The van der Waals surface area contributed by atoms with Crippen LogP contribution in [0.25, 0.3) is 0 Å². The molecule has 0 aliphatic heterocycles. The number of methoxy groups -OCH3 is 1. The van der Waals surface area contributed by atoms with Crippen LogP contribution in [0.2, 0.25) is 0 Å². The van der Waals surface area contributed by atoms with Gasteiger partial charge >= 0.3 is 0 Å². The lowest BCUT2D eigenvalue weighted by Crippen LogP contribution is -2.22. The first kappa shape index (κ1) is 13.9. The van der Waals surface area contributed by atoms with Gasteiger partial charge in [0.2, 0.25) is 0 Å². The molecule has 0 spiro atoms. The van der Waals surface area contributed by atoms with Crippen molar-refractivity contribution in [3.05, 3.63) is 29.6 Å². The highest BCUT2D eigenvalue weighted by molar-refractivity contribution is 5.35. The number of para-hydroxylation sites is 1. The predicted molar refractivity (Wildman–Crippen MR) is 65.7 cm³/mol. The average molecular weight is 241 g/mol. The van der Waals surface area contributed by atoms with E-state index >= 15 is 0 Å². The molecule has 0 saturated heterocycles. The summed E-state index contributed by atoms with van der Waals surface area (Å²) in [5, 5.41) is 0. The molecule has 3 nitrogen and oxygen atoms in total. The van der Waals surface area contributed by atoms with Crippen LogP contribution in [0.5, 0.6) is 5.75 Å². The highest BCUT2D eigenvalue weighted by Crippen LogP contribution is 2.24. The van der Waals surface area contributed by atoms with Crippen molar-refractivity contribution >= 4 is 0 Å². The van der Waals surface area contributed by atoms with Gasteiger partial charge in [-0.2, -0.15) is 0 Å². The summed E-state index contributed by atoms with van der Waals surface area (Å²) in [5.41, 5.74) is 6.69. The topological polar surface area (TPSA) is 44.5 Å². The van der Waals surface area contributed by atoms with Gasteiger partial charge in [-0.3, -0.25) is 0 Å². The second-order valence-corrected chi connectivity index (χ2v) is 3.94. The lowest BCUT2D eigenvalue weighted by Gasteiger charge is -2.14. The summed E-state index contributed by atoms with van der Waals surface area (Å²) in [7, 11) is 1.58. The summed E-state index contributed by atoms with van der Waals surface area (Å²) in [6.45, 7) is 2.79. The quantitative estimate of drug-likeness (QED) is 0.744. The number of hydrogen-bond donors (Lipinski definition) is 1. The molecular formula is C13H20FNO2. The van der Waals surface area contributed by atoms with Gasteiger partial charge in [-0.15, -0.1) is 0 Å². The van der Waals surface area contributed by atoms with E-state index in [1.165, 1.54) is 6.07 Å². The Bertz CT molecular complexity index is 344. The third-order valence-electron chi connectivity index (χ3n) is 2.59. The molecule has 1 atom stereocenters. The van der Waals surface area contributed by atoms with Gasteiger partial charge in [-0.05, 0) is 24.5 Å². The summed E-state index contributed by atoms with van der Waals surface area (Å²) >= 11 is 0. The maximum atomic E-state index is 13.6. The van der Waals surface area contributed by atoms with Gasteiger partial charge in [0.25, 0.3) is 0 Å². The Kier molecular flexibility index (Phi) is 5.94. The first-order valence-corrected chi connectivity index (χ1v) is 5.83. The van der Waals surface area contributed by atoms with Crippen molar-refractivity contribution in [1.82, 2.24) is 0 Å². The van der Waals surface area contributed by atoms with E-state index < -0.39 is 0 Å². The maximum absolute atomic E-state index is 13.6. The molecule has 0 radical (unpaired) electrons. The molecule has 0 saturated carbocycles. The molecule has 2 N–H and O–H groups in total. The van der Waals surface area contributed by atoms with E-state index in [-0.39, 0.29) is 11.9 Å². The fourth-order valence-electron chi connectivity index (χ4n) is 1.53. The van der Waals surface area contributed by atoms with Crippen LogP contribution in [-0.2, 0) is 11.2 Å². The minimum atomic E-state index is -0.345. The minimum absolute atomic E-state index is 0.0292. The van der Waals surface area contributed by atoms with E-state index in [1.807, 2.05) is 13.0 Å². The molecule has 0 aromatic heterocycles. The van der Waals surface area contributed by atoms with Crippen molar-refractivity contribution < 1.29 is 13.9 Å². The van der Waals surface area contributed by atoms with Crippen LogP contribution in [0, 0.1) is 5.82 Å². The number of benzene rings is 1. The van der Waals surface area contributed by atoms with Crippen molar-refractivity contribution in [3.63, 3.8) is 0 Å². The van der Waals surface area contributed by atoms with Crippen molar-refractivity contribution in [3.8, 4) is 5.75 Å². The molecule has 0 amide bonds. The third-order valence-corrected chi connectivity index (χ3v) is 2.59. The molecule has 17 heavy (non-hydrogen) atoms. The van der Waals surface area contributed by atoms with Crippen LogP contribution in [0.4, 0.5) is 4.39 Å². The van der Waals surface area contributed by atoms with Gasteiger partial charge in [0.15, 0.2) is 11.6 Å². The molecule has 96 valence electrons. The standard InChI is InChI=1S/C13H20FNO2/c1-3-11(15)9-10-5-4-6-12(14)13(10)17-8-7-16-2/h4-6,11H,3,7-9,15H2,1-2H3. The van der Waals surface area contributed by atoms with Gasteiger partial charge in [0.05, 0.1) is 6.61 Å². The van der Waals surface area contributed by atoms with Crippen LogP contribution in [0.1, 0.15) is 18.9 Å². The second-order valence-electron chi connectivity index (χ2n) is 3.94. The van der Waals surface area contributed by atoms with Crippen molar-refractivity contribution in [2.24, 2.45) is 5.73 Å². The monoisotopic (exact) mass is 241 g/mol. The first-order valence-electron chi connectivity index (χ1n) is 5.83. The smallest absolute Gasteiger partial charge is 0.165 e. The highest BCUT2D eigenvalue weighted by atomic mass is 19.1. The lowest BCUT2D eigenvalue weighted by atomic mass is 10.0. The van der Waals surface area contributed by atoms with Gasteiger partial charge in [-0.25, -0.2) is 4.39 Å². The number of nitrogens with two attached hydrogens (primary N) is 1. The Balaban J connectivity index is 2.76. The molecule has 0 heterocycles. The van der Waals surface area contributed by atoms with E-state index in [0.29, 0.717) is 25.4 Å². The largest absolute Gasteiger partial charge is 0.488 e. The lowest BCUT2D eigenvalue weighted by molar-refractivity contribution is 0.143. The molecule has 0 bridgehead atoms. The Morgan fingerprint density at radius 2 is 2.12 bits per heavy atom. The Morgan fingerprint density at radius 1 is 1.35 bits per heavy atom. The normalized spacial score (nSPS) is 12.5. The zero-order chi connectivity index (χ0) is 12.7. The van der Waals surface area contributed by atoms with Gasteiger partial charge < -0.3 is 15.2 Å². The van der Waals surface area contributed by atoms with E-state index in [1.54, 1.807) is 13.2 Å². The molecule has 0 fully saturated rings. The van der Waals surface area contributed by atoms with Crippen LogP contribution in [-0.4, -0.2) is 26.4 Å². The fourth-order valence-corrected chi connectivity index (χ4v) is 1.53. The first-order chi connectivity index (χ1) is 8.19. The SMILES string of the molecule is CCC(N)Cc1cccc(F)c1OCCOC. The van der Waals surface area contributed by atoms with Crippen molar-refractivity contribution in [2.75, 3.05) is 20.3 Å². The van der Waals surface area contributed by atoms with E-state index in [2.05, 4.69) is 0 Å². The predicted octanol–water partition coefficient (Wildman–Crippen LogP) is 2.13. The Labute approximate surface area is 102 Å². The number of halogens is 1. The third kappa shape index (κ3) is 4.32. The van der Waals surface area contributed by atoms with Crippen LogP contribution in [0.15, 0.2) is 18.2 Å². The summed E-state index contributed by atoms with van der Waals surface area (Å²) < 4.78 is 23.9. The molecule has 4 heteroatoms. The van der Waals surface area contributed by atoms with Crippen LogP contribution < -0.4 is 10.5 Å². The second kappa shape index (κ2) is 7.25. The zero-order valence-corrected chi connectivity index (χ0v) is 10.4.